The minimum atomic E-state index is 0.822. The second kappa shape index (κ2) is 11.2. The molecule has 0 unspecified atom stereocenters. The Bertz CT molecular complexity index is 560. The first kappa shape index (κ1) is 18.9. The third-order valence-corrected chi connectivity index (χ3v) is 4.62. The summed E-state index contributed by atoms with van der Waals surface area (Å²) in [6.45, 7) is 3.09. The van der Waals surface area contributed by atoms with Crippen molar-refractivity contribution < 1.29 is 4.74 Å². The van der Waals surface area contributed by atoms with E-state index in [0.717, 1.165) is 23.7 Å². The quantitative estimate of drug-likeness (QED) is 0.336. The molecule has 0 aliphatic heterocycles. The van der Waals surface area contributed by atoms with Gasteiger partial charge in [0, 0.05) is 4.90 Å². The Morgan fingerprint density at radius 2 is 1.17 bits per heavy atom. The Kier molecular flexibility index (Phi) is 8.83. The maximum absolute atomic E-state index is 5.85. The van der Waals surface area contributed by atoms with Crippen LogP contribution in [0, 0.1) is 0 Å². The van der Waals surface area contributed by atoms with Gasteiger partial charge in [0.15, 0.2) is 0 Å². The molecule has 24 heavy (non-hydrogen) atoms. The fourth-order valence-corrected chi connectivity index (χ4v) is 2.97. The van der Waals surface area contributed by atoms with Crippen LogP contribution in [0.3, 0.4) is 0 Å². The third-order valence-electron chi connectivity index (χ3n) is 4.32. The molecule has 0 aliphatic carbocycles. The lowest BCUT2D eigenvalue weighted by molar-refractivity contribution is 0.304. The van der Waals surface area contributed by atoms with Gasteiger partial charge < -0.3 is 4.74 Å². The average molecular weight is 343 g/mol. The Morgan fingerprint density at radius 3 is 1.75 bits per heavy atom. The zero-order valence-corrected chi connectivity index (χ0v) is 15.7. The molecule has 2 heteroatoms. The van der Waals surface area contributed by atoms with E-state index in [0.29, 0.717) is 0 Å². The summed E-state index contributed by atoms with van der Waals surface area (Å²) >= 11 is 4.32. The van der Waals surface area contributed by atoms with Gasteiger partial charge in [0.2, 0.25) is 0 Å². The number of rotatable bonds is 11. The number of hydrogen-bond acceptors (Lipinski definition) is 2. The van der Waals surface area contributed by atoms with E-state index in [1.807, 2.05) is 12.1 Å². The first-order chi connectivity index (χ1) is 11.8. The van der Waals surface area contributed by atoms with Gasteiger partial charge in [-0.2, -0.15) is 0 Å². The third kappa shape index (κ3) is 7.00. The van der Waals surface area contributed by atoms with Crippen LogP contribution in [0.4, 0.5) is 0 Å². The number of ether oxygens (including phenoxy) is 1. The van der Waals surface area contributed by atoms with E-state index in [1.165, 1.54) is 56.1 Å². The van der Waals surface area contributed by atoms with Crippen LogP contribution >= 0.6 is 12.6 Å². The van der Waals surface area contributed by atoms with Gasteiger partial charge in [-0.25, -0.2) is 0 Å². The molecular weight excluding hydrogens is 312 g/mol. The summed E-state index contributed by atoms with van der Waals surface area (Å²) in [5, 5.41) is 0. The second-order valence-corrected chi connectivity index (χ2v) is 6.91. The van der Waals surface area contributed by atoms with E-state index in [2.05, 4.69) is 56.0 Å². The van der Waals surface area contributed by atoms with Crippen molar-refractivity contribution in [1.82, 2.24) is 0 Å². The summed E-state index contributed by atoms with van der Waals surface area (Å²) in [4.78, 5) is 0.990. The van der Waals surface area contributed by atoms with Crippen molar-refractivity contribution in [1.29, 1.82) is 0 Å². The van der Waals surface area contributed by atoms with Gasteiger partial charge in [-0.3, -0.25) is 0 Å². The Morgan fingerprint density at radius 1 is 0.667 bits per heavy atom. The summed E-state index contributed by atoms with van der Waals surface area (Å²) < 4.78 is 5.85. The molecule has 0 spiro atoms. The summed E-state index contributed by atoms with van der Waals surface area (Å²) in [6.07, 6.45) is 10.7. The van der Waals surface area contributed by atoms with Gasteiger partial charge in [0.1, 0.15) is 5.75 Å². The zero-order chi connectivity index (χ0) is 17.0. The molecule has 2 rings (SSSR count). The van der Waals surface area contributed by atoms with E-state index in [4.69, 9.17) is 4.74 Å². The monoisotopic (exact) mass is 342 g/mol. The van der Waals surface area contributed by atoms with Crippen LogP contribution in [-0.4, -0.2) is 6.61 Å². The Hall–Kier alpha value is -1.41. The highest BCUT2D eigenvalue weighted by atomic mass is 32.1. The molecule has 0 saturated carbocycles. The number of benzene rings is 2. The molecule has 0 fully saturated rings. The largest absolute Gasteiger partial charge is 0.494 e. The lowest BCUT2D eigenvalue weighted by atomic mass is 10.1. The highest BCUT2D eigenvalue weighted by Crippen LogP contribution is 2.23. The number of thiol groups is 1. The SMILES string of the molecule is CCCCCCCCCCOc1ccc(-c2ccc(S)cc2)cc1. The van der Waals surface area contributed by atoms with Crippen molar-refractivity contribution in [3.8, 4) is 16.9 Å². The molecule has 0 N–H and O–H groups in total. The molecule has 1 nitrogen and oxygen atoms in total. The lowest BCUT2D eigenvalue weighted by Gasteiger charge is -2.08. The van der Waals surface area contributed by atoms with Crippen molar-refractivity contribution >= 4 is 12.6 Å². The van der Waals surface area contributed by atoms with Gasteiger partial charge in [-0.05, 0) is 41.8 Å². The summed E-state index contributed by atoms with van der Waals surface area (Å²) in [5.74, 6) is 0.965. The van der Waals surface area contributed by atoms with Crippen molar-refractivity contribution in [2.45, 2.75) is 63.2 Å². The Labute approximate surface area is 152 Å². The van der Waals surface area contributed by atoms with Gasteiger partial charge in [0.25, 0.3) is 0 Å². The normalized spacial score (nSPS) is 10.8. The lowest BCUT2D eigenvalue weighted by Crippen LogP contribution is -1.97. The van der Waals surface area contributed by atoms with Crippen LogP contribution in [0.15, 0.2) is 53.4 Å². The molecule has 0 radical (unpaired) electrons. The molecule has 130 valence electrons. The fraction of sp³-hybridized carbons (Fsp3) is 0.455. The zero-order valence-electron chi connectivity index (χ0n) is 14.8. The van der Waals surface area contributed by atoms with Crippen LogP contribution in [0.5, 0.6) is 5.75 Å². The van der Waals surface area contributed by atoms with Crippen LogP contribution in [0.25, 0.3) is 11.1 Å². The highest BCUT2D eigenvalue weighted by molar-refractivity contribution is 7.80. The topological polar surface area (TPSA) is 9.23 Å². The predicted octanol–water partition coefficient (Wildman–Crippen LogP) is 7.16. The molecule has 0 aromatic heterocycles. The smallest absolute Gasteiger partial charge is 0.119 e. The number of hydrogen-bond donors (Lipinski definition) is 1. The molecule has 0 saturated heterocycles. The number of unbranched alkanes of at least 4 members (excludes halogenated alkanes) is 7. The summed E-state index contributed by atoms with van der Waals surface area (Å²) in [6, 6.07) is 16.6. The van der Waals surface area contributed by atoms with Crippen LogP contribution < -0.4 is 4.74 Å². The van der Waals surface area contributed by atoms with Crippen molar-refractivity contribution in [2.24, 2.45) is 0 Å². The molecule has 2 aromatic carbocycles. The minimum absolute atomic E-state index is 0.822. The van der Waals surface area contributed by atoms with E-state index < -0.39 is 0 Å². The van der Waals surface area contributed by atoms with Gasteiger partial charge >= 0.3 is 0 Å². The first-order valence-electron chi connectivity index (χ1n) is 9.32. The van der Waals surface area contributed by atoms with E-state index >= 15 is 0 Å². The van der Waals surface area contributed by atoms with E-state index in [9.17, 15) is 0 Å². The highest BCUT2D eigenvalue weighted by Gasteiger charge is 1.99. The maximum atomic E-state index is 5.85. The van der Waals surface area contributed by atoms with Gasteiger partial charge in [-0.15, -0.1) is 12.6 Å². The first-order valence-corrected chi connectivity index (χ1v) is 9.76. The summed E-state index contributed by atoms with van der Waals surface area (Å²) in [5.41, 5.74) is 2.42. The van der Waals surface area contributed by atoms with Crippen LogP contribution in [0.2, 0.25) is 0 Å². The van der Waals surface area contributed by atoms with Crippen LogP contribution in [-0.2, 0) is 0 Å². The minimum Gasteiger partial charge on any atom is -0.494 e. The second-order valence-electron chi connectivity index (χ2n) is 6.39. The molecule has 0 aliphatic rings. The van der Waals surface area contributed by atoms with Crippen molar-refractivity contribution in [3.63, 3.8) is 0 Å². The molecule has 0 amide bonds. The van der Waals surface area contributed by atoms with Crippen LogP contribution in [0.1, 0.15) is 58.3 Å². The van der Waals surface area contributed by atoms with Crippen molar-refractivity contribution in [3.05, 3.63) is 48.5 Å². The molecule has 0 atom stereocenters. The summed E-state index contributed by atoms with van der Waals surface area (Å²) in [7, 11) is 0. The van der Waals surface area contributed by atoms with E-state index in [1.54, 1.807) is 0 Å². The fourth-order valence-electron chi connectivity index (χ4n) is 2.82. The molecule has 2 aromatic rings. The van der Waals surface area contributed by atoms with Gasteiger partial charge in [-0.1, -0.05) is 76.1 Å². The Balaban J connectivity index is 1.63. The van der Waals surface area contributed by atoms with Crippen molar-refractivity contribution in [2.75, 3.05) is 6.61 Å². The average Bonchev–Trinajstić information content (AvgIpc) is 2.62. The molecule has 0 bridgehead atoms. The standard InChI is InChI=1S/C22H30OS/c1-2-3-4-5-6-7-8-9-18-23-21-14-10-19(11-15-21)20-12-16-22(24)17-13-20/h10-17,24H,2-9,18H2,1H3. The maximum Gasteiger partial charge on any atom is 0.119 e. The molecule has 0 heterocycles. The molecular formula is C22H30OS. The van der Waals surface area contributed by atoms with E-state index in [-0.39, 0.29) is 0 Å². The van der Waals surface area contributed by atoms with Gasteiger partial charge in [0.05, 0.1) is 6.61 Å². The predicted molar refractivity (Wildman–Crippen MR) is 107 cm³/mol.